The van der Waals surface area contributed by atoms with Gasteiger partial charge in [0.2, 0.25) is 0 Å². The average Bonchev–Trinajstić information content (AvgIpc) is 2.72. The molecule has 2 heteroatoms. The normalized spacial score (nSPS) is 17.7. The van der Waals surface area contributed by atoms with Gasteiger partial charge in [0.1, 0.15) is 5.82 Å². The highest BCUT2D eigenvalue weighted by Crippen LogP contribution is 2.39. The zero-order chi connectivity index (χ0) is 14.9. The number of nitrogens with zero attached hydrogens (tertiary/aromatic N) is 1. The zero-order valence-electron chi connectivity index (χ0n) is 12.7. The monoisotopic (exact) mass is 293 g/mol. The van der Waals surface area contributed by atoms with Gasteiger partial charge in [0.15, 0.2) is 0 Å². The molecule has 112 valence electrons. The van der Waals surface area contributed by atoms with Crippen molar-refractivity contribution in [2.45, 2.75) is 44.9 Å². The first-order valence-electron chi connectivity index (χ1n) is 8.28. The standard InChI is InChI=1S/C20H20FN/c21-17-10-11-18-16(13-17)9-8-15-7-4-12-22-20(15)19(18)14-5-2-1-3-6-14/h4,7,10-13H,1-3,5-6,8-9H2. The first-order valence-corrected chi connectivity index (χ1v) is 8.28. The van der Waals surface area contributed by atoms with Gasteiger partial charge in [-0.15, -0.1) is 0 Å². The quantitative estimate of drug-likeness (QED) is 0.659. The summed E-state index contributed by atoms with van der Waals surface area (Å²) < 4.78 is 13.7. The second-order valence-electron chi connectivity index (χ2n) is 6.35. The van der Waals surface area contributed by atoms with Gasteiger partial charge < -0.3 is 0 Å². The molecule has 0 radical (unpaired) electrons. The third-order valence-corrected chi connectivity index (χ3v) is 4.94. The summed E-state index contributed by atoms with van der Waals surface area (Å²) in [5.74, 6) is -0.134. The second-order valence-corrected chi connectivity index (χ2v) is 6.35. The van der Waals surface area contributed by atoms with Crippen LogP contribution in [0.3, 0.4) is 0 Å². The number of aryl methyl sites for hydroxylation is 2. The molecule has 1 aromatic carbocycles. The van der Waals surface area contributed by atoms with Crippen molar-refractivity contribution >= 4 is 5.57 Å². The summed E-state index contributed by atoms with van der Waals surface area (Å²) in [5, 5.41) is 0. The Morgan fingerprint density at radius 1 is 0.864 bits per heavy atom. The Labute approximate surface area is 130 Å². The molecule has 0 spiro atoms. The molecule has 0 saturated heterocycles. The lowest BCUT2D eigenvalue weighted by molar-refractivity contribution is 0.600. The predicted octanol–water partition coefficient (Wildman–Crippen LogP) is 5.09. The third-order valence-electron chi connectivity index (χ3n) is 4.94. The number of hydrogen-bond acceptors (Lipinski definition) is 1. The summed E-state index contributed by atoms with van der Waals surface area (Å²) in [6, 6.07) is 9.46. The molecule has 1 aromatic heterocycles. The van der Waals surface area contributed by atoms with Gasteiger partial charge in [-0.25, -0.2) is 4.39 Å². The topological polar surface area (TPSA) is 12.9 Å². The number of rotatable bonds is 0. The summed E-state index contributed by atoms with van der Waals surface area (Å²) in [7, 11) is 0. The molecule has 1 saturated carbocycles. The van der Waals surface area contributed by atoms with Crippen LogP contribution in [0, 0.1) is 5.82 Å². The molecule has 2 aliphatic carbocycles. The van der Waals surface area contributed by atoms with Gasteiger partial charge in [-0.3, -0.25) is 4.98 Å². The average molecular weight is 293 g/mol. The lowest BCUT2D eigenvalue weighted by atomic mass is 9.85. The van der Waals surface area contributed by atoms with Gasteiger partial charge >= 0.3 is 0 Å². The van der Waals surface area contributed by atoms with Crippen molar-refractivity contribution in [2.75, 3.05) is 0 Å². The number of aromatic nitrogens is 1. The second kappa shape index (κ2) is 5.68. The van der Waals surface area contributed by atoms with E-state index in [0.717, 1.165) is 36.9 Å². The van der Waals surface area contributed by atoms with E-state index in [1.165, 1.54) is 41.5 Å². The molecule has 2 aliphatic rings. The number of benzene rings is 1. The minimum Gasteiger partial charge on any atom is -0.256 e. The molecule has 0 amide bonds. The van der Waals surface area contributed by atoms with Crippen molar-refractivity contribution in [3.05, 3.63) is 70.3 Å². The molecule has 1 fully saturated rings. The van der Waals surface area contributed by atoms with Crippen LogP contribution < -0.4 is 0 Å². The fraction of sp³-hybridized carbons (Fsp3) is 0.350. The number of hydrogen-bond donors (Lipinski definition) is 0. The minimum absolute atomic E-state index is 0.134. The maximum absolute atomic E-state index is 13.7. The van der Waals surface area contributed by atoms with E-state index in [2.05, 4.69) is 6.07 Å². The Kier molecular flexibility index (Phi) is 3.53. The summed E-state index contributed by atoms with van der Waals surface area (Å²) in [5.41, 5.74) is 7.57. The lowest BCUT2D eigenvalue weighted by Gasteiger charge is -2.21. The Bertz CT molecular complexity index is 737. The highest BCUT2D eigenvalue weighted by atomic mass is 19.1. The molecule has 4 rings (SSSR count). The summed E-state index contributed by atoms with van der Waals surface area (Å²) in [6.45, 7) is 0. The highest BCUT2D eigenvalue weighted by molar-refractivity contribution is 5.84. The number of fused-ring (bicyclic) bond motifs is 2. The smallest absolute Gasteiger partial charge is 0.123 e. The molecule has 0 bridgehead atoms. The van der Waals surface area contributed by atoms with Crippen molar-refractivity contribution in [2.24, 2.45) is 0 Å². The van der Waals surface area contributed by atoms with E-state index >= 15 is 0 Å². The summed E-state index contributed by atoms with van der Waals surface area (Å²) in [6.07, 6.45) is 9.87. The molecule has 0 unspecified atom stereocenters. The molecule has 0 aliphatic heterocycles. The van der Waals surface area contributed by atoms with Gasteiger partial charge in [-0.2, -0.15) is 0 Å². The lowest BCUT2D eigenvalue weighted by Crippen LogP contribution is -2.03. The number of pyridine rings is 1. The number of allylic oxidation sites excluding steroid dienone is 1. The van der Waals surface area contributed by atoms with E-state index in [1.807, 2.05) is 18.3 Å². The first kappa shape index (κ1) is 13.7. The number of halogens is 1. The van der Waals surface area contributed by atoms with Crippen molar-refractivity contribution in [3.8, 4) is 0 Å². The maximum Gasteiger partial charge on any atom is 0.123 e. The van der Waals surface area contributed by atoms with Gasteiger partial charge in [0.25, 0.3) is 0 Å². The van der Waals surface area contributed by atoms with Crippen LogP contribution in [0.25, 0.3) is 5.57 Å². The Morgan fingerprint density at radius 2 is 1.68 bits per heavy atom. The van der Waals surface area contributed by atoms with E-state index < -0.39 is 0 Å². The Morgan fingerprint density at radius 3 is 2.55 bits per heavy atom. The van der Waals surface area contributed by atoms with Gasteiger partial charge in [0.05, 0.1) is 5.69 Å². The molecule has 1 heterocycles. The predicted molar refractivity (Wildman–Crippen MR) is 87.2 cm³/mol. The van der Waals surface area contributed by atoms with Crippen molar-refractivity contribution < 1.29 is 4.39 Å². The van der Waals surface area contributed by atoms with Gasteiger partial charge in [-0.05, 0) is 73.4 Å². The Hall–Kier alpha value is -1.96. The molecule has 0 atom stereocenters. The first-order chi connectivity index (χ1) is 10.8. The molecular weight excluding hydrogens is 273 g/mol. The summed E-state index contributed by atoms with van der Waals surface area (Å²) in [4.78, 5) is 4.71. The van der Waals surface area contributed by atoms with Crippen LogP contribution in [-0.2, 0) is 12.8 Å². The van der Waals surface area contributed by atoms with Crippen LogP contribution in [0.5, 0.6) is 0 Å². The summed E-state index contributed by atoms with van der Waals surface area (Å²) >= 11 is 0. The van der Waals surface area contributed by atoms with Crippen molar-refractivity contribution in [3.63, 3.8) is 0 Å². The van der Waals surface area contributed by atoms with E-state index in [9.17, 15) is 4.39 Å². The van der Waals surface area contributed by atoms with E-state index in [1.54, 1.807) is 12.1 Å². The highest BCUT2D eigenvalue weighted by Gasteiger charge is 2.23. The fourth-order valence-electron chi connectivity index (χ4n) is 3.86. The molecule has 2 aromatic rings. The van der Waals surface area contributed by atoms with Crippen LogP contribution in [0.4, 0.5) is 4.39 Å². The van der Waals surface area contributed by atoms with E-state index in [0.29, 0.717) is 0 Å². The Balaban J connectivity index is 1.98. The van der Waals surface area contributed by atoms with Gasteiger partial charge in [-0.1, -0.05) is 24.1 Å². The van der Waals surface area contributed by atoms with E-state index in [4.69, 9.17) is 4.98 Å². The zero-order valence-corrected chi connectivity index (χ0v) is 12.7. The van der Waals surface area contributed by atoms with Crippen LogP contribution in [-0.4, -0.2) is 4.98 Å². The largest absolute Gasteiger partial charge is 0.256 e. The minimum atomic E-state index is -0.134. The van der Waals surface area contributed by atoms with Crippen LogP contribution in [0.1, 0.15) is 54.5 Å². The molecule has 22 heavy (non-hydrogen) atoms. The van der Waals surface area contributed by atoms with Crippen LogP contribution in [0.2, 0.25) is 0 Å². The van der Waals surface area contributed by atoms with E-state index in [-0.39, 0.29) is 5.82 Å². The fourth-order valence-corrected chi connectivity index (χ4v) is 3.86. The van der Waals surface area contributed by atoms with Crippen molar-refractivity contribution in [1.82, 2.24) is 4.98 Å². The maximum atomic E-state index is 13.7. The SMILES string of the molecule is Fc1ccc2c(c1)CCc1cccnc1C2=C1CCCCC1. The van der Waals surface area contributed by atoms with Crippen LogP contribution >= 0.6 is 0 Å². The molecule has 0 N–H and O–H groups in total. The van der Waals surface area contributed by atoms with Gasteiger partial charge in [0, 0.05) is 11.8 Å². The van der Waals surface area contributed by atoms with Crippen LogP contribution in [0.15, 0.2) is 42.1 Å². The third kappa shape index (κ3) is 2.37. The van der Waals surface area contributed by atoms with Crippen molar-refractivity contribution in [1.29, 1.82) is 0 Å². The molecule has 1 nitrogen and oxygen atoms in total. The molecular formula is C20H20FN.